The molecule has 8 heteroatoms. The lowest BCUT2D eigenvalue weighted by Gasteiger charge is -2.04. The van der Waals surface area contributed by atoms with Gasteiger partial charge in [-0.1, -0.05) is 23.2 Å². The van der Waals surface area contributed by atoms with Gasteiger partial charge in [0.2, 0.25) is 0 Å². The van der Waals surface area contributed by atoms with Crippen LogP contribution in [0.3, 0.4) is 0 Å². The fourth-order valence-electron chi connectivity index (χ4n) is 1.43. The monoisotopic (exact) mass is 294 g/mol. The number of nitrogens with zero attached hydrogens (tertiary/aromatic N) is 2. The van der Waals surface area contributed by atoms with E-state index in [2.05, 4.69) is 24.0 Å². The van der Waals surface area contributed by atoms with Gasteiger partial charge in [-0.3, -0.25) is 0 Å². The average molecular weight is 294 g/mol. The van der Waals surface area contributed by atoms with Crippen molar-refractivity contribution in [2.75, 3.05) is 5.32 Å². The molecular formula is C12H12N3O4S+. The lowest BCUT2D eigenvalue weighted by atomic mass is 10.2. The molecule has 0 aliphatic heterocycles. The highest BCUT2D eigenvalue weighted by molar-refractivity contribution is 7.68. The van der Waals surface area contributed by atoms with Crippen molar-refractivity contribution in [2.45, 2.75) is 0 Å². The Balaban J connectivity index is 2.07. The predicted octanol–water partition coefficient (Wildman–Crippen LogP) is 2.58. The summed E-state index contributed by atoms with van der Waals surface area (Å²) in [5.41, 5.74) is 2.35. The van der Waals surface area contributed by atoms with E-state index in [1.54, 1.807) is 24.3 Å². The van der Waals surface area contributed by atoms with Crippen LogP contribution in [0.15, 0.2) is 59.7 Å². The molecule has 2 rings (SSSR count). The Kier molecular flexibility index (Phi) is 5.24. The molecule has 7 nitrogen and oxygen atoms in total. The van der Waals surface area contributed by atoms with Gasteiger partial charge < -0.3 is 5.32 Å². The predicted molar refractivity (Wildman–Crippen MR) is 74.7 cm³/mol. The maximum atomic E-state index is 10.9. The number of para-hydroxylation sites is 1. The summed E-state index contributed by atoms with van der Waals surface area (Å²) in [7, 11) is -2.53. The summed E-state index contributed by atoms with van der Waals surface area (Å²) >= 11 is 0. The van der Waals surface area contributed by atoms with Crippen molar-refractivity contribution in [2.24, 2.45) is 5.11 Å². The summed E-state index contributed by atoms with van der Waals surface area (Å²) in [4.78, 5) is 0. The first-order valence-corrected chi connectivity index (χ1v) is 6.70. The third-order valence-corrected chi connectivity index (χ3v) is 2.69. The highest BCUT2D eigenvalue weighted by Gasteiger charge is 1.98. The molecule has 104 valence electrons. The third-order valence-electron chi connectivity index (χ3n) is 2.26. The third kappa shape index (κ3) is 4.47. The molecule has 0 saturated heterocycles. The summed E-state index contributed by atoms with van der Waals surface area (Å²) in [5, 5.41) is 18.0. The second-order valence-corrected chi connectivity index (χ2v) is 4.42. The Hall–Kier alpha value is -2.22. The average Bonchev–Trinajstić information content (AvgIpc) is 2.48. The molecule has 0 amide bonds. The van der Waals surface area contributed by atoms with Crippen LogP contribution in [0.25, 0.3) is 0 Å². The van der Waals surface area contributed by atoms with Gasteiger partial charge >= 0.3 is 10.9 Å². The molecule has 0 fully saturated rings. The normalized spacial score (nSPS) is 11.4. The molecule has 2 aromatic carbocycles. The van der Waals surface area contributed by atoms with Crippen molar-refractivity contribution >= 4 is 27.9 Å². The summed E-state index contributed by atoms with van der Waals surface area (Å²) in [6.07, 6.45) is 0. The molecule has 0 aromatic heterocycles. The van der Waals surface area contributed by atoms with Crippen LogP contribution < -0.4 is 9.48 Å². The second kappa shape index (κ2) is 7.39. The number of rotatable bonds is 5. The van der Waals surface area contributed by atoms with Crippen LogP contribution in [0, 0.1) is 0 Å². The fraction of sp³-hybridized carbons (Fsp3) is 0. The van der Waals surface area contributed by atoms with Crippen molar-refractivity contribution < 1.29 is 18.8 Å². The van der Waals surface area contributed by atoms with Crippen molar-refractivity contribution in [3.63, 3.8) is 0 Å². The molecule has 2 aromatic rings. The Morgan fingerprint density at radius 3 is 2.35 bits per heavy atom. The molecule has 0 saturated carbocycles. The van der Waals surface area contributed by atoms with E-state index in [-0.39, 0.29) is 0 Å². The van der Waals surface area contributed by atoms with Gasteiger partial charge in [0.25, 0.3) is 0 Å². The Morgan fingerprint density at radius 2 is 1.70 bits per heavy atom. The zero-order valence-corrected chi connectivity index (χ0v) is 11.1. The van der Waals surface area contributed by atoms with Gasteiger partial charge in [-0.05, 0) is 40.7 Å². The first-order valence-electron chi connectivity index (χ1n) is 5.57. The molecule has 1 unspecified atom stereocenters. The van der Waals surface area contributed by atoms with Crippen molar-refractivity contribution in [3.8, 4) is 0 Å². The molecule has 20 heavy (non-hydrogen) atoms. The van der Waals surface area contributed by atoms with E-state index in [0.717, 1.165) is 11.4 Å². The van der Waals surface area contributed by atoms with Crippen LogP contribution in [0.4, 0.5) is 17.1 Å². The topological polar surface area (TPSA) is 94.3 Å². The van der Waals surface area contributed by atoms with Crippen LogP contribution in [-0.4, -0.2) is 9.47 Å². The van der Waals surface area contributed by atoms with E-state index in [4.69, 9.17) is 5.26 Å². The van der Waals surface area contributed by atoms with Gasteiger partial charge in [0, 0.05) is 11.4 Å². The lowest BCUT2D eigenvalue weighted by molar-refractivity contribution is -0.434. The first-order chi connectivity index (χ1) is 9.78. The number of thiol groups is 1. The van der Waals surface area contributed by atoms with Gasteiger partial charge in [0.15, 0.2) is 4.16 Å². The zero-order valence-electron chi connectivity index (χ0n) is 10.2. The van der Waals surface area contributed by atoms with E-state index in [1.165, 1.54) is 0 Å². The first kappa shape index (κ1) is 14.2. The van der Waals surface area contributed by atoms with Crippen LogP contribution >= 0.6 is 0 Å². The summed E-state index contributed by atoms with van der Waals surface area (Å²) in [5.74, 6) is 0. The molecule has 0 bridgehead atoms. The largest absolute Gasteiger partial charge is 0.443 e. The number of anilines is 2. The number of nitrogens with one attached hydrogen (secondary N) is 1. The van der Waals surface area contributed by atoms with E-state index >= 15 is 0 Å². The van der Waals surface area contributed by atoms with Crippen LogP contribution in [-0.2, 0) is 20.2 Å². The van der Waals surface area contributed by atoms with Crippen LogP contribution in [0.2, 0.25) is 0 Å². The van der Waals surface area contributed by atoms with Crippen molar-refractivity contribution in [1.29, 1.82) is 0 Å². The highest BCUT2D eigenvalue weighted by Crippen LogP contribution is 2.19. The molecule has 0 radical (unpaired) electrons. The number of hydrogen-bond donors (Lipinski definition) is 3. The summed E-state index contributed by atoms with van der Waals surface area (Å²) in [6.45, 7) is 0. The van der Waals surface area contributed by atoms with Gasteiger partial charge in [0.05, 0.1) is 0 Å². The van der Waals surface area contributed by atoms with E-state index in [1.807, 2.05) is 30.3 Å². The minimum absolute atomic E-state index is 0.494. The minimum Gasteiger partial charge on any atom is -0.356 e. The highest BCUT2D eigenvalue weighted by atomic mass is 32.2. The Bertz CT molecular complexity index is 663. The molecule has 0 aliphatic carbocycles. The molecule has 2 N–H and O–H groups in total. The summed E-state index contributed by atoms with van der Waals surface area (Å²) < 4.78 is 18.1. The molecular weight excluding hydrogens is 282 g/mol. The van der Waals surface area contributed by atoms with Gasteiger partial charge in [-0.15, -0.1) is 0 Å². The summed E-state index contributed by atoms with van der Waals surface area (Å²) in [6, 6.07) is 16.7. The Labute approximate surface area is 116 Å². The van der Waals surface area contributed by atoms with E-state index < -0.39 is 10.9 Å². The van der Waals surface area contributed by atoms with Gasteiger partial charge in [-0.25, -0.2) is 5.26 Å². The van der Waals surface area contributed by atoms with Crippen molar-refractivity contribution in [3.05, 3.63) is 54.6 Å². The van der Waals surface area contributed by atoms with Gasteiger partial charge in [-0.2, -0.15) is 4.21 Å². The molecule has 0 heterocycles. The minimum atomic E-state index is -2.53. The maximum Gasteiger partial charge on any atom is 0.443 e. The Morgan fingerprint density at radius 1 is 1.05 bits per heavy atom. The maximum absolute atomic E-state index is 10.9. The molecule has 0 spiro atoms. The van der Waals surface area contributed by atoms with E-state index in [9.17, 15) is 4.21 Å². The number of hydrogen-bond acceptors (Lipinski definition) is 6. The number of benzene rings is 2. The SMILES string of the molecule is O=[SH](=[N+]=Nc1ccc(Nc2ccccc2)cc1)OOO. The standard InChI is InChI=1S/C12H11N3O4S/c16-18-19-20(17)15-14-12-8-6-11(7-9-12)13-10-4-2-1-3-5-10/h1-9,16,20H/p+1. The fourth-order valence-corrected chi connectivity index (χ4v) is 1.69. The zero-order chi connectivity index (χ0) is 14.2. The van der Waals surface area contributed by atoms with Gasteiger partial charge in [0.1, 0.15) is 10.8 Å². The van der Waals surface area contributed by atoms with Crippen LogP contribution in [0.1, 0.15) is 0 Å². The molecule has 1 atom stereocenters. The van der Waals surface area contributed by atoms with E-state index in [0.29, 0.717) is 5.69 Å². The lowest BCUT2D eigenvalue weighted by Crippen LogP contribution is -1.89. The van der Waals surface area contributed by atoms with Crippen LogP contribution in [0.5, 0.6) is 0 Å². The second-order valence-electron chi connectivity index (χ2n) is 3.61. The van der Waals surface area contributed by atoms with Crippen molar-refractivity contribution in [1.82, 2.24) is 4.16 Å². The quantitative estimate of drug-likeness (QED) is 0.259. The smallest absolute Gasteiger partial charge is 0.356 e. The molecule has 0 aliphatic rings.